The van der Waals surface area contributed by atoms with Gasteiger partial charge in [-0.3, -0.25) is 0 Å². The van der Waals surface area contributed by atoms with E-state index in [9.17, 15) is 0 Å². The van der Waals surface area contributed by atoms with E-state index in [4.69, 9.17) is 0 Å². The third-order valence-electron chi connectivity index (χ3n) is 6.05. The van der Waals surface area contributed by atoms with Crippen LogP contribution in [0.3, 0.4) is 0 Å². The molecule has 43 heavy (non-hydrogen) atoms. The third kappa shape index (κ3) is 108. The molecule has 0 aromatic heterocycles. The second-order valence-electron chi connectivity index (χ2n) is 9.85. The largest absolute Gasteiger partial charge is 0.0683 e. The van der Waals surface area contributed by atoms with E-state index in [0.29, 0.717) is 0 Å². The molecule has 0 heteroatoms. The molecule has 0 heterocycles. The van der Waals surface area contributed by atoms with E-state index in [0.717, 1.165) is 17.8 Å². The van der Waals surface area contributed by atoms with Gasteiger partial charge >= 0.3 is 0 Å². The van der Waals surface area contributed by atoms with Gasteiger partial charge in [-0.25, -0.2) is 0 Å². The van der Waals surface area contributed by atoms with E-state index in [-0.39, 0.29) is 0 Å². The minimum atomic E-state index is 0.963. The summed E-state index contributed by atoms with van der Waals surface area (Å²) in [6.07, 6.45) is 24.1. The van der Waals surface area contributed by atoms with Crippen molar-refractivity contribution in [3.8, 4) is 0 Å². The highest BCUT2D eigenvalue weighted by Gasteiger charge is 2.24. The Bertz CT molecular complexity index is 215. The van der Waals surface area contributed by atoms with Gasteiger partial charge in [0.05, 0.1) is 0 Å². The molecule has 0 bridgehead atoms. The third-order valence-corrected chi connectivity index (χ3v) is 6.05. The highest BCUT2D eigenvalue weighted by molar-refractivity contribution is 4.75. The van der Waals surface area contributed by atoms with Crippen molar-refractivity contribution in [2.45, 2.75) is 268 Å². The molecule has 2 saturated carbocycles. The van der Waals surface area contributed by atoms with Crippen LogP contribution in [0, 0.1) is 17.8 Å². The van der Waals surface area contributed by atoms with Crippen LogP contribution in [0.25, 0.3) is 0 Å². The molecule has 2 rings (SSSR count). The van der Waals surface area contributed by atoms with Crippen LogP contribution in [0.15, 0.2) is 0 Å². The summed E-state index contributed by atoms with van der Waals surface area (Å²) in [7, 11) is 0. The zero-order valence-electron chi connectivity index (χ0n) is 36.8. The molecule has 2 fully saturated rings. The molecule has 0 radical (unpaired) electrons. The first-order valence-corrected chi connectivity index (χ1v) is 20.9. The summed E-state index contributed by atoms with van der Waals surface area (Å²) in [6, 6.07) is 0. The van der Waals surface area contributed by atoms with Gasteiger partial charge in [0.15, 0.2) is 0 Å². The van der Waals surface area contributed by atoms with E-state index in [1.807, 2.05) is 83.1 Å². The number of unbranched alkanes of at least 4 members (excludes halogenated alkanes) is 2. The molecular formula is C43H106. The first-order valence-electron chi connectivity index (χ1n) is 20.9. The first kappa shape index (κ1) is 69.7. The van der Waals surface area contributed by atoms with Crippen LogP contribution in [0.2, 0.25) is 0 Å². The van der Waals surface area contributed by atoms with Crippen molar-refractivity contribution in [3.63, 3.8) is 0 Å². The van der Waals surface area contributed by atoms with Crippen molar-refractivity contribution in [1.29, 1.82) is 0 Å². The molecule has 0 saturated heterocycles. The summed E-state index contributed by atoms with van der Waals surface area (Å²) in [5.74, 6) is 3.00. The molecule has 0 amide bonds. The highest BCUT2D eigenvalue weighted by Crippen LogP contribution is 2.35. The van der Waals surface area contributed by atoms with Crippen LogP contribution in [0.1, 0.15) is 268 Å². The Hall–Kier alpha value is 0. The number of hydrogen-bond donors (Lipinski definition) is 0. The second kappa shape index (κ2) is 104. The maximum atomic E-state index is 2.44. The fraction of sp³-hybridized carbons (Fsp3) is 1.00. The van der Waals surface area contributed by atoms with Crippen molar-refractivity contribution < 1.29 is 0 Å². The van der Waals surface area contributed by atoms with Gasteiger partial charge in [-0.05, 0) is 24.2 Å². The van der Waals surface area contributed by atoms with Crippen molar-refractivity contribution >= 4 is 0 Å². The van der Waals surface area contributed by atoms with Gasteiger partial charge < -0.3 is 0 Å². The summed E-state index contributed by atoms with van der Waals surface area (Å²) in [5.41, 5.74) is 0. The Morgan fingerprint density at radius 2 is 0.605 bits per heavy atom. The van der Waals surface area contributed by atoms with Crippen molar-refractivity contribution in [1.82, 2.24) is 0 Å². The predicted molar refractivity (Wildman–Crippen MR) is 219 cm³/mol. The van der Waals surface area contributed by atoms with Crippen LogP contribution >= 0.6 is 0 Å². The van der Waals surface area contributed by atoms with E-state index in [2.05, 4.69) is 76.2 Å². The molecule has 0 aromatic rings. The SMILES string of the molecule is C1CCCCC1.CC.CC.CC.CC.CC.CC.CCC.CCC.CCC(C)C1CCCCC1C.CCCC.CCCC. The van der Waals surface area contributed by atoms with Crippen molar-refractivity contribution in [2.75, 3.05) is 0 Å². The molecule has 0 aromatic carbocycles. The molecule has 0 spiro atoms. The lowest BCUT2D eigenvalue weighted by atomic mass is 9.73. The van der Waals surface area contributed by atoms with Crippen molar-refractivity contribution in [2.24, 2.45) is 17.8 Å². The van der Waals surface area contributed by atoms with Crippen LogP contribution < -0.4 is 0 Å². The summed E-state index contributed by atoms with van der Waals surface area (Å²) < 4.78 is 0. The smallest absolute Gasteiger partial charge is 0.0363 e. The Labute approximate surface area is 285 Å². The van der Waals surface area contributed by atoms with Gasteiger partial charge in [-0.15, -0.1) is 0 Å². The van der Waals surface area contributed by atoms with Gasteiger partial charge in [0.25, 0.3) is 0 Å². The quantitative estimate of drug-likeness (QED) is 0.292. The van der Waals surface area contributed by atoms with E-state index in [1.54, 1.807) is 0 Å². The lowest BCUT2D eigenvalue weighted by molar-refractivity contribution is 0.181. The zero-order valence-corrected chi connectivity index (χ0v) is 36.8. The Kier molecular flexibility index (Phi) is 169. The minimum Gasteiger partial charge on any atom is -0.0683 e. The predicted octanol–water partition coefficient (Wildman–Crippen LogP) is 18.8. The van der Waals surface area contributed by atoms with Gasteiger partial charge in [0.1, 0.15) is 0 Å². The number of hydrogen-bond acceptors (Lipinski definition) is 0. The van der Waals surface area contributed by atoms with Crippen molar-refractivity contribution in [3.05, 3.63) is 0 Å². The average Bonchev–Trinajstić information content (AvgIpc) is 3.12. The van der Waals surface area contributed by atoms with E-state index >= 15 is 0 Å². The summed E-state index contributed by atoms with van der Waals surface area (Å²) >= 11 is 0. The van der Waals surface area contributed by atoms with Gasteiger partial charge in [-0.2, -0.15) is 0 Å². The standard InChI is InChI=1S/C11H22.C6H12.2C4H10.2C3H8.6C2H6/c1-4-9(2)11-8-6-5-7-10(11)3;1-2-4-6-5-3-1;2*1-3-4-2;2*1-3-2;6*1-2/h9-11H,4-8H2,1-3H3;1-6H2;2*3-4H2,1-2H3;2*3H2,1-2H3;6*1-2H3. The van der Waals surface area contributed by atoms with Gasteiger partial charge in [0.2, 0.25) is 0 Å². The maximum Gasteiger partial charge on any atom is -0.0363 e. The fourth-order valence-corrected chi connectivity index (χ4v) is 3.55. The summed E-state index contributed by atoms with van der Waals surface area (Å²) in [4.78, 5) is 0. The Balaban J connectivity index is -0.0000000374. The molecule has 0 nitrogen and oxygen atoms in total. The van der Waals surface area contributed by atoms with Crippen LogP contribution in [0.4, 0.5) is 0 Å². The number of rotatable bonds is 4. The van der Waals surface area contributed by atoms with Gasteiger partial charge in [0, 0.05) is 0 Å². The summed E-state index contributed by atoms with van der Waals surface area (Å²) in [5, 5.41) is 0. The molecular weight excluding hydrogens is 516 g/mol. The zero-order chi connectivity index (χ0) is 36.8. The Morgan fingerprint density at radius 1 is 0.395 bits per heavy atom. The van der Waals surface area contributed by atoms with Crippen LogP contribution in [-0.2, 0) is 0 Å². The highest BCUT2D eigenvalue weighted by atomic mass is 14.3. The lowest BCUT2D eigenvalue weighted by Gasteiger charge is -2.33. The maximum absolute atomic E-state index is 2.44. The fourth-order valence-electron chi connectivity index (χ4n) is 3.55. The van der Waals surface area contributed by atoms with Crippen LogP contribution in [-0.4, -0.2) is 0 Å². The average molecular weight is 623 g/mol. The molecule has 3 atom stereocenters. The monoisotopic (exact) mass is 623 g/mol. The molecule has 2 aliphatic rings. The first-order chi connectivity index (χ1) is 20.9. The van der Waals surface area contributed by atoms with Crippen LogP contribution in [0.5, 0.6) is 0 Å². The summed E-state index contributed by atoms with van der Waals surface area (Å²) in [6.45, 7) is 48.4. The molecule has 278 valence electrons. The molecule has 0 aliphatic heterocycles. The lowest BCUT2D eigenvalue weighted by Crippen LogP contribution is -2.22. The second-order valence-corrected chi connectivity index (χ2v) is 9.85. The topological polar surface area (TPSA) is 0 Å². The minimum absolute atomic E-state index is 0.963. The molecule has 2 aliphatic carbocycles. The van der Waals surface area contributed by atoms with E-state index < -0.39 is 0 Å². The normalized spacial score (nSPS) is 15.4. The molecule has 3 unspecified atom stereocenters. The van der Waals surface area contributed by atoms with Gasteiger partial charge in [-0.1, -0.05) is 262 Å². The molecule has 0 N–H and O–H groups in total. The van der Waals surface area contributed by atoms with E-state index in [1.165, 1.54) is 109 Å². The Morgan fingerprint density at radius 3 is 0.767 bits per heavy atom.